The van der Waals surface area contributed by atoms with Crippen molar-refractivity contribution < 1.29 is 17.9 Å². The van der Waals surface area contributed by atoms with Gasteiger partial charge in [0.2, 0.25) is 0 Å². The molecule has 19 heavy (non-hydrogen) atoms. The van der Waals surface area contributed by atoms with Crippen molar-refractivity contribution >= 4 is 0 Å². The zero-order valence-corrected chi connectivity index (χ0v) is 11.1. The number of benzene rings is 1. The number of halogens is 3. The third kappa shape index (κ3) is 3.09. The van der Waals surface area contributed by atoms with E-state index >= 15 is 0 Å². The van der Waals surface area contributed by atoms with Crippen molar-refractivity contribution in [3.63, 3.8) is 0 Å². The summed E-state index contributed by atoms with van der Waals surface area (Å²) in [4.78, 5) is 0. The molecule has 1 heterocycles. The topological polar surface area (TPSA) is 21.3 Å². The highest BCUT2D eigenvalue weighted by Crippen LogP contribution is 2.34. The van der Waals surface area contributed by atoms with E-state index in [9.17, 15) is 13.2 Å². The largest absolute Gasteiger partial charge is 0.378 e. The molecule has 1 aliphatic rings. The molecule has 0 saturated carbocycles. The van der Waals surface area contributed by atoms with Crippen molar-refractivity contribution in [3.8, 4) is 0 Å². The maximum absolute atomic E-state index is 13.9. The second-order valence-corrected chi connectivity index (χ2v) is 4.96. The fourth-order valence-electron chi connectivity index (χ4n) is 2.66. The standard InChI is InChI=1S/C14H18F3NO/c1-3-18-14(9-4-8(2)19-7-9)13-11(16)5-10(15)6-12(13)17/h5-6,8-9,14,18H,3-4,7H2,1-2H3. The van der Waals surface area contributed by atoms with Gasteiger partial charge in [0.05, 0.1) is 12.7 Å². The molecule has 5 heteroatoms. The third-order valence-electron chi connectivity index (χ3n) is 3.48. The van der Waals surface area contributed by atoms with E-state index in [1.54, 1.807) is 0 Å². The number of nitrogens with one attached hydrogen (secondary N) is 1. The van der Waals surface area contributed by atoms with E-state index in [2.05, 4.69) is 5.32 Å². The van der Waals surface area contributed by atoms with E-state index in [1.807, 2.05) is 13.8 Å². The summed E-state index contributed by atoms with van der Waals surface area (Å²) >= 11 is 0. The van der Waals surface area contributed by atoms with Crippen LogP contribution in [0.4, 0.5) is 13.2 Å². The maximum atomic E-state index is 13.9. The summed E-state index contributed by atoms with van der Waals surface area (Å²) in [6.07, 6.45) is 0.811. The lowest BCUT2D eigenvalue weighted by Gasteiger charge is -2.24. The Hall–Kier alpha value is -1.07. The summed E-state index contributed by atoms with van der Waals surface area (Å²) in [7, 11) is 0. The van der Waals surface area contributed by atoms with Crippen LogP contribution >= 0.6 is 0 Å². The van der Waals surface area contributed by atoms with Crippen LogP contribution in [0.15, 0.2) is 12.1 Å². The van der Waals surface area contributed by atoms with E-state index in [-0.39, 0.29) is 17.6 Å². The highest BCUT2D eigenvalue weighted by atomic mass is 19.1. The van der Waals surface area contributed by atoms with Gasteiger partial charge in [-0.2, -0.15) is 0 Å². The zero-order valence-electron chi connectivity index (χ0n) is 11.1. The molecule has 0 radical (unpaired) electrons. The minimum Gasteiger partial charge on any atom is -0.378 e. The normalized spacial score (nSPS) is 24.7. The summed E-state index contributed by atoms with van der Waals surface area (Å²) < 4.78 is 46.2. The quantitative estimate of drug-likeness (QED) is 0.909. The first-order chi connectivity index (χ1) is 9.02. The zero-order chi connectivity index (χ0) is 14.0. The van der Waals surface area contributed by atoms with Crippen molar-refractivity contribution in [2.45, 2.75) is 32.4 Å². The molecular weight excluding hydrogens is 255 g/mol. The second kappa shape index (κ2) is 5.92. The molecule has 1 N–H and O–H groups in total. The molecular formula is C14H18F3NO. The molecule has 2 nitrogen and oxygen atoms in total. The Morgan fingerprint density at radius 3 is 2.42 bits per heavy atom. The van der Waals surface area contributed by atoms with Crippen LogP contribution in [0, 0.1) is 23.4 Å². The first-order valence-corrected chi connectivity index (χ1v) is 6.52. The van der Waals surface area contributed by atoms with E-state index in [1.165, 1.54) is 0 Å². The van der Waals surface area contributed by atoms with Crippen LogP contribution < -0.4 is 5.32 Å². The van der Waals surface area contributed by atoms with Crippen LogP contribution in [-0.2, 0) is 4.74 Å². The molecule has 1 aromatic rings. The van der Waals surface area contributed by atoms with Crippen molar-refractivity contribution in [3.05, 3.63) is 35.1 Å². The average molecular weight is 273 g/mol. The predicted molar refractivity (Wildman–Crippen MR) is 66.3 cm³/mol. The summed E-state index contributed by atoms with van der Waals surface area (Å²) in [5.41, 5.74) is -0.0917. The third-order valence-corrected chi connectivity index (χ3v) is 3.48. The monoisotopic (exact) mass is 273 g/mol. The molecule has 1 fully saturated rings. The van der Waals surface area contributed by atoms with E-state index in [0.29, 0.717) is 13.2 Å². The lowest BCUT2D eigenvalue weighted by atomic mass is 9.90. The molecule has 1 aromatic carbocycles. The number of hydrogen-bond donors (Lipinski definition) is 1. The Balaban J connectivity index is 2.33. The fraction of sp³-hybridized carbons (Fsp3) is 0.571. The van der Waals surface area contributed by atoms with Crippen LogP contribution in [-0.4, -0.2) is 19.3 Å². The molecule has 1 aliphatic heterocycles. The van der Waals surface area contributed by atoms with Crippen LogP contribution in [0.5, 0.6) is 0 Å². The summed E-state index contributed by atoms with van der Waals surface area (Å²) in [5, 5.41) is 3.08. The van der Waals surface area contributed by atoms with Crippen molar-refractivity contribution in [2.75, 3.05) is 13.2 Å². The van der Waals surface area contributed by atoms with Crippen LogP contribution in [0.2, 0.25) is 0 Å². The number of hydrogen-bond acceptors (Lipinski definition) is 2. The van der Waals surface area contributed by atoms with E-state index in [0.717, 1.165) is 18.6 Å². The van der Waals surface area contributed by atoms with Crippen molar-refractivity contribution in [1.82, 2.24) is 5.32 Å². The summed E-state index contributed by atoms with van der Waals surface area (Å²) in [5.74, 6) is -2.60. The minimum atomic E-state index is -0.898. The van der Waals surface area contributed by atoms with Gasteiger partial charge >= 0.3 is 0 Å². The fourth-order valence-corrected chi connectivity index (χ4v) is 2.66. The first kappa shape index (κ1) is 14.3. The first-order valence-electron chi connectivity index (χ1n) is 6.52. The van der Waals surface area contributed by atoms with Gasteiger partial charge in [0.25, 0.3) is 0 Å². The van der Waals surface area contributed by atoms with Crippen LogP contribution in [0.25, 0.3) is 0 Å². The maximum Gasteiger partial charge on any atom is 0.133 e. The molecule has 0 aromatic heterocycles. The Morgan fingerprint density at radius 2 is 1.95 bits per heavy atom. The molecule has 106 valence electrons. The number of ether oxygens (including phenoxy) is 1. The van der Waals surface area contributed by atoms with Crippen LogP contribution in [0.1, 0.15) is 31.9 Å². The Morgan fingerprint density at radius 1 is 1.32 bits per heavy atom. The Kier molecular flexibility index (Phi) is 4.47. The Bertz CT molecular complexity index is 429. The summed E-state index contributed by atoms with van der Waals surface area (Å²) in [6.45, 7) is 4.83. The van der Waals surface area contributed by atoms with Gasteiger partial charge in [-0.25, -0.2) is 13.2 Å². The molecule has 3 unspecified atom stereocenters. The van der Waals surface area contributed by atoms with Gasteiger partial charge < -0.3 is 10.1 Å². The minimum absolute atomic E-state index is 0.00980. The second-order valence-electron chi connectivity index (χ2n) is 4.96. The molecule has 2 rings (SSSR count). The number of rotatable bonds is 4. The van der Waals surface area contributed by atoms with E-state index in [4.69, 9.17) is 4.74 Å². The lowest BCUT2D eigenvalue weighted by Crippen LogP contribution is -2.30. The predicted octanol–water partition coefficient (Wildman–Crippen LogP) is 3.18. The van der Waals surface area contributed by atoms with E-state index < -0.39 is 23.5 Å². The molecule has 0 amide bonds. The van der Waals surface area contributed by atoms with Crippen molar-refractivity contribution in [2.24, 2.45) is 5.92 Å². The van der Waals surface area contributed by atoms with Gasteiger partial charge in [-0.05, 0) is 19.9 Å². The van der Waals surface area contributed by atoms with Gasteiger partial charge in [0.1, 0.15) is 17.5 Å². The molecule has 0 spiro atoms. The lowest BCUT2D eigenvalue weighted by molar-refractivity contribution is 0.116. The summed E-state index contributed by atoms with van der Waals surface area (Å²) in [6, 6.07) is 0.958. The molecule has 0 aliphatic carbocycles. The smallest absolute Gasteiger partial charge is 0.133 e. The average Bonchev–Trinajstić information content (AvgIpc) is 2.73. The molecule has 1 saturated heterocycles. The molecule has 0 bridgehead atoms. The Labute approximate surface area is 111 Å². The SMILES string of the molecule is CCNC(c1c(F)cc(F)cc1F)C1COC(C)C1. The van der Waals surface area contributed by atoms with Gasteiger partial charge in [0.15, 0.2) is 0 Å². The van der Waals surface area contributed by atoms with Gasteiger partial charge in [0, 0.05) is 29.7 Å². The van der Waals surface area contributed by atoms with Gasteiger partial charge in [-0.15, -0.1) is 0 Å². The highest BCUT2D eigenvalue weighted by molar-refractivity contribution is 5.25. The molecule has 3 atom stereocenters. The van der Waals surface area contributed by atoms with Crippen LogP contribution in [0.3, 0.4) is 0 Å². The highest BCUT2D eigenvalue weighted by Gasteiger charge is 2.33. The van der Waals surface area contributed by atoms with Crippen molar-refractivity contribution in [1.29, 1.82) is 0 Å². The van der Waals surface area contributed by atoms with Gasteiger partial charge in [-0.1, -0.05) is 6.92 Å². The van der Waals surface area contributed by atoms with Gasteiger partial charge in [-0.3, -0.25) is 0 Å².